The number of ether oxygens (including phenoxy) is 1. The van der Waals surface area contributed by atoms with Gasteiger partial charge in [-0.2, -0.15) is 9.78 Å². The summed E-state index contributed by atoms with van der Waals surface area (Å²) in [4.78, 5) is 12.2. The van der Waals surface area contributed by atoms with Crippen molar-refractivity contribution in [3.8, 4) is 5.75 Å². The van der Waals surface area contributed by atoms with Gasteiger partial charge in [-0.25, -0.2) is 4.79 Å². The molecule has 0 saturated heterocycles. The van der Waals surface area contributed by atoms with Gasteiger partial charge >= 0.3 is 5.97 Å². The van der Waals surface area contributed by atoms with Crippen molar-refractivity contribution in [1.29, 1.82) is 0 Å². The molecule has 1 heterocycles. The number of nitrogens with zero attached hydrogens (tertiary/aromatic N) is 4. The highest BCUT2D eigenvalue weighted by molar-refractivity contribution is 7.98. The minimum absolute atomic E-state index is 0.387. The minimum atomic E-state index is -0.387. The minimum Gasteiger partial charge on any atom is -0.423 e. The van der Waals surface area contributed by atoms with Crippen LogP contribution in [0.1, 0.15) is 27.3 Å². The Morgan fingerprint density at radius 1 is 0.968 bits per heavy atom. The summed E-state index contributed by atoms with van der Waals surface area (Å²) in [6.07, 6.45) is 4.32. The van der Waals surface area contributed by atoms with Crippen molar-refractivity contribution in [3.05, 3.63) is 107 Å². The number of aromatic nitrogens is 3. The second-order valence-corrected chi connectivity index (χ2v) is 7.42. The smallest absolute Gasteiger partial charge is 0.343 e. The van der Waals surface area contributed by atoms with Gasteiger partial charge in [0.25, 0.3) is 0 Å². The van der Waals surface area contributed by atoms with E-state index in [0.717, 1.165) is 22.1 Å². The van der Waals surface area contributed by atoms with Crippen LogP contribution >= 0.6 is 11.8 Å². The molecule has 0 spiro atoms. The lowest BCUT2D eigenvalue weighted by atomic mass is 10.1. The van der Waals surface area contributed by atoms with E-state index in [1.165, 1.54) is 11.8 Å². The van der Waals surface area contributed by atoms with Crippen molar-refractivity contribution in [3.63, 3.8) is 0 Å². The molecule has 0 N–H and O–H groups in total. The van der Waals surface area contributed by atoms with Gasteiger partial charge in [-0.05, 0) is 53.8 Å². The zero-order valence-electron chi connectivity index (χ0n) is 16.9. The summed E-state index contributed by atoms with van der Waals surface area (Å²) in [7, 11) is 0. The van der Waals surface area contributed by atoms with E-state index in [0.29, 0.717) is 17.7 Å². The molecule has 0 atom stereocenters. The van der Waals surface area contributed by atoms with E-state index >= 15 is 0 Å². The fourth-order valence-corrected chi connectivity index (χ4v) is 3.36. The van der Waals surface area contributed by atoms with Crippen LogP contribution < -0.4 is 4.74 Å². The van der Waals surface area contributed by atoms with Crippen LogP contribution in [0.4, 0.5) is 0 Å². The molecule has 0 saturated carbocycles. The van der Waals surface area contributed by atoms with Crippen LogP contribution in [0.25, 0.3) is 0 Å². The van der Waals surface area contributed by atoms with Crippen LogP contribution in [-0.2, 0) is 6.42 Å². The molecule has 6 nitrogen and oxygen atoms in total. The lowest BCUT2D eigenvalue weighted by Gasteiger charge is -2.05. The zero-order valence-corrected chi connectivity index (χ0v) is 17.7. The van der Waals surface area contributed by atoms with Gasteiger partial charge in [-0.1, -0.05) is 60.3 Å². The molecule has 1 aromatic heterocycles. The Labute approximate surface area is 184 Å². The Balaban J connectivity index is 1.47. The van der Waals surface area contributed by atoms with Crippen molar-refractivity contribution in [1.82, 2.24) is 14.9 Å². The number of carbonyl (C=O) groups is 1. The van der Waals surface area contributed by atoms with Gasteiger partial charge in [0.1, 0.15) is 5.75 Å². The first-order chi connectivity index (χ1) is 15.2. The molecule has 154 valence electrons. The first kappa shape index (κ1) is 20.6. The molecule has 0 radical (unpaired) electrons. The fraction of sp³-hybridized carbons (Fsp3) is 0.0833. The third-order valence-corrected chi connectivity index (χ3v) is 5.11. The number of hydrogen-bond donors (Lipinski definition) is 0. The van der Waals surface area contributed by atoms with E-state index in [2.05, 4.69) is 27.4 Å². The van der Waals surface area contributed by atoms with Crippen LogP contribution in [0.2, 0.25) is 0 Å². The lowest BCUT2D eigenvalue weighted by molar-refractivity contribution is 0.0735. The molecule has 0 amide bonds. The maximum atomic E-state index is 12.2. The molecule has 0 unspecified atom stereocenters. The van der Waals surface area contributed by atoms with Crippen molar-refractivity contribution in [2.75, 3.05) is 6.26 Å². The number of hydrogen-bond acceptors (Lipinski definition) is 6. The predicted octanol–water partition coefficient (Wildman–Crippen LogP) is 4.69. The van der Waals surface area contributed by atoms with Crippen LogP contribution in [0.5, 0.6) is 5.75 Å². The van der Waals surface area contributed by atoms with E-state index in [1.54, 1.807) is 47.3 Å². The van der Waals surface area contributed by atoms with Crippen LogP contribution in [0.3, 0.4) is 0 Å². The summed E-state index contributed by atoms with van der Waals surface area (Å²) in [5.74, 6) is 0.853. The Morgan fingerprint density at radius 3 is 2.32 bits per heavy atom. The number of thioether (sulfide) groups is 1. The van der Waals surface area contributed by atoms with Gasteiger partial charge in [-0.3, -0.25) is 0 Å². The molecule has 0 aliphatic rings. The quantitative estimate of drug-likeness (QED) is 0.185. The summed E-state index contributed by atoms with van der Waals surface area (Å²) < 4.78 is 7.17. The summed E-state index contributed by atoms with van der Waals surface area (Å²) in [5, 5.41) is 13.8. The van der Waals surface area contributed by atoms with Gasteiger partial charge in [-0.15, -0.1) is 10.2 Å². The largest absolute Gasteiger partial charge is 0.423 e. The van der Waals surface area contributed by atoms with Crippen LogP contribution in [0.15, 0.2) is 95.2 Å². The molecule has 3 aromatic carbocycles. The number of carbonyl (C=O) groups excluding carboxylic acids is 1. The number of rotatable bonds is 7. The highest BCUT2D eigenvalue weighted by atomic mass is 32.2. The lowest BCUT2D eigenvalue weighted by Crippen LogP contribution is -2.08. The van der Waals surface area contributed by atoms with Crippen LogP contribution in [-0.4, -0.2) is 33.3 Å². The summed E-state index contributed by atoms with van der Waals surface area (Å²) in [6.45, 7) is 0. The summed E-state index contributed by atoms with van der Waals surface area (Å²) in [5.41, 5.74) is 2.52. The molecule has 31 heavy (non-hydrogen) atoms. The van der Waals surface area contributed by atoms with Gasteiger partial charge in [0.15, 0.2) is 5.82 Å². The van der Waals surface area contributed by atoms with E-state index in [9.17, 15) is 4.79 Å². The molecule has 4 rings (SSSR count). The molecule has 0 bridgehead atoms. The molecule has 0 aliphatic carbocycles. The van der Waals surface area contributed by atoms with E-state index < -0.39 is 0 Å². The summed E-state index contributed by atoms with van der Waals surface area (Å²) in [6, 6.07) is 26.2. The second-order valence-electron chi connectivity index (χ2n) is 6.65. The zero-order chi connectivity index (χ0) is 21.5. The summed E-state index contributed by atoms with van der Waals surface area (Å²) >= 11 is 1.49. The van der Waals surface area contributed by atoms with Gasteiger partial charge in [0, 0.05) is 6.42 Å². The topological polar surface area (TPSA) is 69.4 Å². The first-order valence-electron chi connectivity index (χ1n) is 9.67. The average molecular weight is 429 g/mol. The Morgan fingerprint density at radius 2 is 1.65 bits per heavy atom. The number of esters is 1. The van der Waals surface area contributed by atoms with Crippen molar-refractivity contribution < 1.29 is 9.53 Å². The van der Waals surface area contributed by atoms with Crippen molar-refractivity contribution in [2.24, 2.45) is 5.10 Å². The second kappa shape index (κ2) is 9.86. The van der Waals surface area contributed by atoms with E-state index in [1.807, 2.05) is 42.7 Å². The van der Waals surface area contributed by atoms with E-state index in [4.69, 9.17) is 4.74 Å². The standard InChI is InChI=1S/C24H20N4O2S/c1-31-24-27-26-22(16-18-8-4-2-5-9-18)28(24)25-17-19-12-14-21(15-13-19)30-23(29)20-10-6-3-7-11-20/h2-15,17H,16H2,1H3/b25-17-. The third-order valence-electron chi connectivity index (χ3n) is 4.49. The monoisotopic (exact) mass is 428 g/mol. The molecule has 7 heteroatoms. The maximum Gasteiger partial charge on any atom is 0.343 e. The molecule has 4 aromatic rings. The first-order valence-corrected chi connectivity index (χ1v) is 10.9. The SMILES string of the molecule is CSc1nnc(Cc2ccccc2)n1/N=C\c1ccc(OC(=O)c2ccccc2)cc1. The van der Waals surface area contributed by atoms with Crippen molar-refractivity contribution in [2.45, 2.75) is 11.6 Å². The number of benzene rings is 3. The Bertz CT molecular complexity index is 1170. The third kappa shape index (κ3) is 5.26. The predicted molar refractivity (Wildman–Crippen MR) is 122 cm³/mol. The Kier molecular flexibility index (Phi) is 6.54. The normalized spacial score (nSPS) is 11.0. The molecular formula is C24H20N4O2S. The van der Waals surface area contributed by atoms with Crippen LogP contribution in [0, 0.1) is 0 Å². The highest BCUT2D eigenvalue weighted by Gasteiger charge is 2.11. The van der Waals surface area contributed by atoms with Gasteiger partial charge < -0.3 is 4.74 Å². The molecule has 0 fully saturated rings. The Hall–Kier alpha value is -3.71. The van der Waals surface area contributed by atoms with E-state index in [-0.39, 0.29) is 5.97 Å². The highest BCUT2D eigenvalue weighted by Crippen LogP contribution is 2.17. The maximum absolute atomic E-state index is 12.2. The molecular weight excluding hydrogens is 408 g/mol. The van der Waals surface area contributed by atoms with Crippen molar-refractivity contribution >= 4 is 23.9 Å². The van der Waals surface area contributed by atoms with Gasteiger partial charge in [0.05, 0.1) is 11.8 Å². The molecule has 0 aliphatic heterocycles. The average Bonchev–Trinajstić information content (AvgIpc) is 3.21. The van der Waals surface area contributed by atoms with Gasteiger partial charge in [0.2, 0.25) is 5.16 Å². The fourth-order valence-electron chi connectivity index (χ4n) is 2.91.